The Hall–Kier alpha value is -3.92. The van der Waals surface area contributed by atoms with Crippen LogP contribution in [-0.2, 0) is 22.5 Å². The fraction of sp³-hybridized carbons (Fsp3) is 0.394. The number of aliphatic hydroxyl groups is 3. The number of aliphatic hydroxyl groups excluding tert-OH is 3. The van der Waals surface area contributed by atoms with Crippen molar-refractivity contribution in [3.05, 3.63) is 101 Å². The molecule has 9 heteroatoms. The first-order chi connectivity index (χ1) is 19.9. The smallest absolute Gasteiger partial charge is 0.407 e. The first-order valence-electron chi connectivity index (χ1n) is 14.2. The van der Waals surface area contributed by atoms with Crippen LogP contribution in [0.2, 0.25) is 0 Å². The number of alkyl carbamates (subject to hydrolysis) is 1. The van der Waals surface area contributed by atoms with E-state index in [1.807, 2.05) is 30.3 Å². The number of nitrogens with one attached hydrogen (secondary N) is 1. The van der Waals surface area contributed by atoms with Crippen LogP contribution in [0.25, 0.3) is 0 Å². The summed E-state index contributed by atoms with van der Waals surface area (Å²) in [6, 6.07) is 21.4. The predicted octanol–water partition coefficient (Wildman–Crippen LogP) is 4.15. The van der Waals surface area contributed by atoms with Gasteiger partial charge in [-0.15, -0.1) is 0 Å². The molecule has 5 N–H and O–H groups in total. The van der Waals surface area contributed by atoms with Crippen molar-refractivity contribution in [3.8, 4) is 5.75 Å². The lowest BCUT2D eigenvalue weighted by atomic mass is 9.97. The summed E-state index contributed by atoms with van der Waals surface area (Å²) in [7, 11) is 0. The van der Waals surface area contributed by atoms with E-state index >= 15 is 0 Å². The maximum Gasteiger partial charge on any atom is 0.407 e. The number of hydrogen-bond donors (Lipinski definition) is 5. The molecular weight excluding hydrogens is 536 g/mol. The summed E-state index contributed by atoms with van der Waals surface area (Å²) in [4.78, 5) is 27.9. The van der Waals surface area contributed by atoms with E-state index in [1.165, 1.54) is 17.0 Å². The van der Waals surface area contributed by atoms with Gasteiger partial charge in [0.1, 0.15) is 23.6 Å². The van der Waals surface area contributed by atoms with Gasteiger partial charge in [0.05, 0.1) is 18.2 Å². The van der Waals surface area contributed by atoms with Crippen molar-refractivity contribution in [1.82, 2.24) is 10.2 Å². The molecule has 42 heavy (non-hydrogen) atoms. The van der Waals surface area contributed by atoms with E-state index in [1.54, 1.807) is 57.2 Å². The van der Waals surface area contributed by atoms with Crippen LogP contribution < -0.4 is 5.32 Å². The Balaban J connectivity index is 1.54. The zero-order chi connectivity index (χ0) is 30.4. The average molecular weight is 577 g/mol. The molecule has 0 heterocycles. The number of carbonyl (C=O) groups is 2. The zero-order valence-electron chi connectivity index (χ0n) is 24.2. The zero-order valence-corrected chi connectivity index (χ0v) is 24.2. The van der Waals surface area contributed by atoms with E-state index in [0.29, 0.717) is 17.5 Å². The molecule has 1 aliphatic rings. The minimum absolute atomic E-state index is 0.0330. The lowest BCUT2D eigenvalue weighted by Crippen LogP contribution is -2.47. The number of amides is 2. The molecule has 0 unspecified atom stereocenters. The quantitative estimate of drug-likeness (QED) is 0.244. The molecule has 2 amide bonds. The molecule has 5 atom stereocenters. The molecule has 0 aromatic heterocycles. The van der Waals surface area contributed by atoms with E-state index in [-0.39, 0.29) is 31.0 Å². The number of rotatable bonds is 10. The van der Waals surface area contributed by atoms with E-state index < -0.39 is 42.1 Å². The van der Waals surface area contributed by atoms with Gasteiger partial charge in [0.25, 0.3) is 0 Å². The second-order valence-corrected chi connectivity index (χ2v) is 11.7. The highest BCUT2D eigenvalue weighted by Crippen LogP contribution is 2.43. The van der Waals surface area contributed by atoms with Crippen LogP contribution in [-0.4, -0.2) is 61.2 Å². The fourth-order valence-electron chi connectivity index (χ4n) is 5.31. The molecule has 3 aromatic carbocycles. The third-order valence-electron chi connectivity index (χ3n) is 7.34. The molecule has 0 bridgehead atoms. The molecular formula is C33H40N2O7. The molecule has 1 aliphatic carbocycles. The van der Waals surface area contributed by atoms with E-state index in [4.69, 9.17) is 4.74 Å². The van der Waals surface area contributed by atoms with Crippen molar-refractivity contribution in [1.29, 1.82) is 0 Å². The Morgan fingerprint density at radius 3 is 2.17 bits per heavy atom. The van der Waals surface area contributed by atoms with E-state index in [2.05, 4.69) is 5.32 Å². The Bertz CT molecular complexity index is 1340. The molecule has 0 saturated heterocycles. The lowest BCUT2D eigenvalue weighted by molar-refractivity contribution is -0.139. The van der Waals surface area contributed by atoms with Gasteiger partial charge in [-0.05, 0) is 68.0 Å². The number of ether oxygens (including phenoxy) is 1. The fourth-order valence-corrected chi connectivity index (χ4v) is 5.31. The number of hydrogen-bond acceptors (Lipinski definition) is 7. The van der Waals surface area contributed by atoms with Crippen molar-refractivity contribution in [2.24, 2.45) is 0 Å². The Morgan fingerprint density at radius 1 is 0.905 bits per heavy atom. The molecule has 3 aromatic rings. The Morgan fingerprint density at radius 2 is 1.52 bits per heavy atom. The molecule has 0 radical (unpaired) electrons. The van der Waals surface area contributed by atoms with Gasteiger partial charge in [-0.2, -0.15) is 0 Å². The van der Waals surface area contributed by atoms with Gasteiger partial charge in [0, 0.05) is 13.0 Å². The summed E-state index contributed by atoms with van der Waals surface area (Å²) in [6.45, 7) is 5.37. The number of carbonyl (C=O) groups excluding carboxylic acids is 2. The van der Waals surface area contributed by atoms with Crippen LogP contribution in [0, 0.1) is 0 Å². The standard InChI is InChI=1S/C33H40N2O7/c1-33(2,3)42-32(41)34-26(19-21-9-5-4-6-10-21)27(37)17-18-28(38)35(20-22-13-15-23(36)16-14-22)29-24-11-7-8-12-25(24)30(39)31(29)40/h4-16,26-27,29-31,36-37,39-40H,17-20H2,1-3H3,(H,34,41)/t26-,27-,29-,30+,31-/m0/s1. The largest absolute Gasteiger partial charge is 0.508 e. The number of nitrogens with zero attached hydrogens (tertiary/aromatic N) is 1. The maximum atomic E-state index is 13.8. The molecule has 0 fully saturated rings. The topological polar surface area (TPSA) is 140 Å². The van der Waals surface area contributed by atoms with Crippen molar-refractivity contribution < 1.29 is 34.8 Å². The van der Waals surface area contributed by atoms with Gasteiger partial charge in [-0.1, -0.05) is 66.7 Å². The second-order valence-electron chi connectivity index (χ2n) is 11.7. The van der Waals surface area contributed by atoms with Crippen molar-refractivity contribution in [2.45, 2.75) is 82.6 Å². The number of benzene rings is 3. The highest BCUT2D eigenvalue weighted by atomic mass is 16.6. The Kier molecular flexibility index (Phi) is 9.88. The van der Waals surface area contributed by atoms with Crippen LogP contribution in [0.15, 0.2) is 78.9 Å². The summed E-state index contributed by atoms with van der Waals surface area (Å²) < 4.78 is 5.41. The minimum atomic E-state index is -1.24. The second kappa shape index (κ2) is 13.4. The van der Waals surface area contributed by atoms with E-state index in [9.17, 15) is 30.0 Å². The van der Waals surface area contributed by atoms with E-state index in [0.717, 1.165) is 11.1 Å². The average Bonchev–Trinajstić information content (AvgIpc) is 3.20. The summed E-state index contributed by atoms with van der Waals surface area (Å²) in [6.07, 6.45) is -3.86. The van der Waals surface area contributed by atoms with Gasteiger partial charge in [-0.3, -0.25) is 4.79 Å². The van der Waals surface area contributed by atoms with Crippen LogP contribution in [0.5, 0.6) is 5.75 Å². The SMILES string of the molecule is CC(C)(C)OC(=O)N[C@@H](Cc1ccccc1)[C@@H](O)CCC(=O)N(Cc1ccc(O)cc1)[C@H]1c2ccccc2[C@@H](O)[C@H]1O. The first kappa shape index (κ1) is 31.0. The molecule has 0 aliphatic heterocycles. The number of aromatic hydroxyl groups is 1. The van der Waals surface area contributed by atoms with Gasteiger partial charge in [0.15, 0.2) is 0 Å². The minimum Gasteiger partial charge on any atom is -0.508 e. The Labute approximate surface area is 246 Å². The monoisotopic (exact) mass is 576 g/mol. The van der Waals surface area contributed by atoms with Crippen molar-refractivity contribution >= 4 is 12.0 Å². The highest BCUT2D eigenvalue weighted by Gasteiger charge is 2.43. The van der Waals surface area contributed by atoms with Crippen LogP contribution in [0.3, 0.4) is 0 Å². The van der Waals surface area contributed by atoms with Gasteiger partial charge in [-0.25, -0.2) is 4.79 Å². The highest BCUT2D eigenvalue weighted by molar-refractivity contribution is 5.77. The number of fused-ring (bicyclic) bond motifs is 1. The number of phenolic OH excluding ortho intramolecular Hbond substituents is 1. The molecule has 0 saturated carbocycles. The van der Waals surface area contributed by atoms with Crippen LogP contribution in [0.1, 0.15) is 68.0 Å². The first-order valence-corrected chi connectivity index (χ1v) is 14.2. The summed E-state index contributed by atoms with van der Waals surface area (Å²) >= 11 is 0. The third-order valence-corrected chi connectivity index (χ3v) is 7.34. The van der Waals surface area contributed by atoms with Crippen molar-refractivity contribution in [2.75, 3.05) is 0 Å². The molecule has 0 spiro atoms. The normalized spacial score (nSPS) is 19.4. The number of phenols is 1. The van der Waals surface area contributed by atoms with Gasteiger partial charge in [0.2, 0.25) is 5.91 Å². The summed E-state index contributed by atoms with van der Waals surface area (Å²) in [5.41, 5.74) is 2.11. The van der Waals surface area contributed by atoms with Gasteiger partial charge >= 0.3 is 6.09 Å². The van der Waals surface area contributed by atoms with Crippen LogP contribution in [0.4, 0.5) is 4.79 Å². The molecule has 9 nitrogen and oxygen atoms in total. The van der Waals surface area contributed by atoms with Gasteiger partial charge < -0.3 is 35.4 Å². The third kappa shape index (κ3) is 7.88. The predicted molar refractivity (Wildman–Crippen MR) is 157 cm³/mol. The lowest BCUT2D eigenvalue weighted by Gasteiger charge is -2.33. The van der Waals surface area contributed by atoms with Crippen molar-refractivity contribution in [3.63, 3.8) is 0 Å². The summed E-state index contributed by atoms with van der Waals surface area (Å²) in [5.74, 6) is -0.255. The maximum absolute atomic E-state index is 13.8. The molecule has 4 rings (SSSR count). The van der Waals surface area contributed by atoms with Crippen LogP contribution >= 0.6 is 0 Å². The summed E-state index contributed by atoms with van der Waals surface area (Å²) in [5, 5.41) is 45.5. The molecule has 224 valence electrons.